The third kappa shape index (κ3) is 3.72. The molecule has 1 heterocycles. The quantitative estimate of drug-likeness (QED) is 0.793. The minimum atomic E-state index is 0.147. The lowest BCUT2D eigenvalue weighted by atomic mass is 9.99. The molecular formula is C13H28N2O. The van der Waals surface area contributed by atoms with Gasteiger partial charge in [0.25, 0.3) is 0 Å². The van der Waals surface area contributed by atoms with Gasteiger partial charge < -0.3 is 10.1 Å². The van der Waals surface area contributed by atoms with Crippen LogP contribution in [0.5, 0.6) is 0 Å². The third-order valence-corrected chi connectivity index (χ3v) is 3.59. The van der Waals surface area contributed by atoms with Crippen LogP contribution in [0.4, 0.5) is 0 Å². The Balaban J connectivity index is 2.64. The average molecular weight is 228 g/mol. The lowest BCUT2D eigenvalue weighted by Gasteiger charge is -2.39. The Morgan fingerprint density at radius 2 is 2.12 bits per heavy atom. The molecule has 16 heavy (non-hydrogen) atoms. The molecule has 1 unspecified atom stereocenters. The predicted molar refractivity (Wildman–Crippen MR) is 68.8 cm³/mol. The summed E-state index contributed by atoms with van der Waals surface area (Å²) < 4.78 is 5.33. The van der Waals surface area contributed by atoms with Gasteiger partial charge in [0, 0.05) is 31.8 Å². The third-order valence-electron chi connectivity index (χ3n) is 3.59. The molecule has 0 amide bonds. The Bertz CT molecular complexity index is 204. The number of rotatable bonds is 4. The van der Waals surface area contributed by atoms with Crippen LogP contribution in [0, 0.1) is 5.92 Å². The van der Waals surface area contributed by atoms with Crippen molar-refractivity contribution in [3.05, 3.63) is 0 Å². The van der Waals surface area contributed by atoms with Crippen LogP contribution in [0.2, 0.25) is 0 Å². The maximum atomic E-state index is 5.33. The Morgan fingerprint density at radius 1 is 1.44 bits per heavy atom. The van der Waals surface area contributed by atoms with E-state index in [4.69, 9.17) is 4.74 Å². The number of ether oxygens (including phenoxy) is 1. The van der Waals surface area contributed by atoms with E-state index in [9.17, 15) is 0 Å². The first kappa shape index (κ1) is 13.9. The fourth-order valence-corrected chi connectivity index (χ4v) is 2.39. The van der Waals surface area contributed by atoms with Gasteiger partial charge in [0.15, 0.2) is 0 Å². The SMILES string of the molecule is COCC(C)(C)N1CCCNC(C(C)C)C1. The van der Waals surface area contributed by atoms with Gasteiger partial charge >= 0.3 is 0 Å². The van der Waals surface area contributed by atoms with Crippen LogP contribution >= 0.6 is 0 Å². The summed E-state index contributed by atoms with van der Waals surface area (Å²) >= 11 is 0. The Hall–Kier alpha value is -0.120. The Morgan fingerprint density at radius 3 is 2.69 bits per heavy atom. The highest BCUT2D eigenvalue weighted by molar-refractivity contribution is 4.88. The molecule has 3 nitrogen and oxygen atoms in total. The molecule has 1 aliphatic rings. The second-order valence-corrected chi connectivity index (χ2v) is 5.85. The summed E-state index contributed by atoms with van der Waals surface area (Å²) in [4.78, 5) is 2.57. The monoisotopic (exact) mass is 228 g/mol. The van der Waals surface area contributed by atoms with E-state index >= 15 is 0 Å². The number of hydrogen-bond donors (Lipinski definition) is 1. The van der Waals surface area contributed by atoms with Crippen molar-refractivity contribution < 1.29 is 4.74 Å². The van der Waals surface area contributed by atoms with E-state index in [-0.39, 0.29) is 5.54 Å². The van der Waals surface area contributed by atoms with Crippen molar-refractivity contribution in [2.75, 3.05) is 33.4 Å². The lowest BCUT2D eigenvalue weighted by Crippen LogP contribution is -2.52. The normalized spacial score (nSPS) is 24.8. The zero-order valence-corrected chi connectivity index (χ0v) is 11.5. The fourth-order valence-electron chi connectivity index (χ4n) is 2.39. The minimum absolute atomic E-state index is 0.147. The molecule has 1 saturated heterocycles. The minimum Gasteiger partial charge on any atom is -0.383 e. The van der Waals surface area contributed by atoms with Crippen LogP contribution in [-0.2, 0) is 4.74 Å². The van der Waals surface area contributed by atoms with E-state index in [1.54, 1.807) is 7.11 Å². The van der Waals surface area contributed by atoms with E-state index in [0.717, 1.165) is 19.7 Å². The summed E-state index contributed by atoms with van der Waals surface area (Å²) in [7, 11) is 1.79. The highest BCUT2D eigenvalue weighted by Crippen LogP contribution is 2.19. The Labute approximate surface area is 101 Å². The highest BCUT2D eigenvalue weighted by Gasteiger charge is 2.30. The first-order valence-electron chi connectivity index (χ1n) is 6.45. The molecule has 1 rings (SSSR count). The Kier molecular flexibility index (Phi) is 5.22. The maximum Gasteiger partial charge on any atom is 0.0641 e. The molecule has 1 atom stereocenters. The van der Waals surface area contributed by atoms with Crippen molar-refractivity contribution in [2.45, 2.75) is 45.7 Å². The largest absolute Gasteiger partial charge is 0.383 e. The topological polar surface area (TPSA) is 24.5 Å². The van der Waals surface area contributed by atoms with Gasteiger partial charge in [-0.3, -0.25) is 4.90 Å². The molecule has 96 valence electrons. The second kappa shape index (κ2) is 5.99. The summed E-state index contributed by atoms with van der Waals surface area (Å²) in [6, 6.07) is 0.610. The van der Waals surface area contributed by atoms with E-state index in [0.29, 0.717) is 12.0 Å². The standard InChI is InChI=1S/C13H28N2O/c1-11(2)12-9-15(8-6-7-14-12)13(3,4)10-16-5/h11-12,14H,6-10H2,1-5H3. The van der Waals surface area contributed by atoms with Crippen LogP contribution in [0.15, 0.2) is 0 Å². The van der Waals surface area contributed by atoms with Gasteiger partial charge in [-0.15, -0.1) is 0 Å². The van der Waals surface area contributed by atoms with Gasteiger partial charge in [0.2, 0.25) is 0 Å². The molecule has 0 bridgehead atoms. The molecule has 0 spiro atoms. The van der Waals surface area contributed by atoms with E-state index in [1.165, 1.54) is 13.0 Å². The van der Waals surface area contributed by atoms with Crippen molar-refractivity contribution in [3.8, 4) is 0 Å². The summed E-state index contributed by atoms with van der Waals surface area (Å²) in [6.45, 7) is 13.4. The van der Waals surface area contributed by atoms with Crippen LogP contribution in [0.25, 0.3) is 0 Å². The summed E-state index contributed by atoms with van der Waals surface area (Å²) in [5.41, 5.74) is 0.147. The summed E-state index contributed by atoms with van der Waals surface area (Å²) in [6.07, 6.45) is 1.23. The van der Waals surface area contributed by atoms with E-state index < -0.39 is 0 Å². The average Bonchev–Trinajstić information content (AvgIpc) is 2.42. The molecule has 1 N–H and O–H groups in total. The number of nitrogens with zero attached hydrogens (tertiary/aromatic N) is 1. The number of nitrogens with one attached hydrogen (secondary N) is 1. The van der Waals surface area contributed by atoms with E-state index in [2.05, 4.69) is 37.9 Å². The molecule has 3 heteroatoms. The molecule has 0 aromatic heterocycles. The molecule has 0 radical (unpaired) electrons. The zero-order chi connectivity index (χ0) is 12.2. The molecule has 0 aliphatic carbocycles. The van der Waals surface area contributed by atoms with Crippen LogP contribution in [-0.4, -0.2) is 49.8 Å². The zero-order valence-electron chi connectivity index (χ0n) is 11.5. The van der Waals surface area contributed by atoms with Gasteiger partial charge in [0.05, 0.1) is 6.61 Å². The molecule has 1 fully saturated rings. The van der Waals surface area contributed by atoms with Crippen molar-refractivity contribution >= 4 is 0 Å². The first-order valence-corrected chi connectivity index (χ1v) is 6.45. The second-order valence-electron chi connectivity index (χ2n) is 5.85. The van der Waals surface area contributed by atoms with E-state index in [1.807, 2.05) is 0 Å². The van der Waals surface area contributed by atoms with Crippen molar-refractivity contribution in [3.63, 3.8) is 0 Å². The van der Waals surface area contributed by atoms with Crippen LogP contribution in [0.1, 0.15) is 34.1 Å². The van der Waals surface area contributed by atoms with Gasteiger partial charge in [-0.1, -0.05) is 13.8 Å². The van der Waals surface area contributed by atoms with Crippen LogP contribution < -0.4 is 5.32 Å². The predicted octanol–water partition coefficient (Wildman–Crippen LogP) is 1.73. The summed E-state index contributed by atoms with van der Waals surface area (Å²) in [5, 5.41) is 3.64. The van der Waals surface area contributed by atoms with Crippen LogP contribution in [0.3, 0.4) is 0 Å². The smallest absolute Gasteiger partial charge is 0.0641 e. The number of methoxy groups -OCH3 is 1. The maximum absolute atomic E-state index is 5.33. The molecule has 0 saturated carbocycles. The lowest BCUT2D eigenvalue weighted by molar-refractivity contribution is 0.0300. The molecule has 0 aromatic rings. The van der Waals surface area contributed by atoms with Gasteiger partial charge in [-0.25, -0.2) is 0 Å². The number of hydrogen-bond acceptors (Lipinski definition) is 3. The fraction of sp³-hybridized carbons (Fsp3) is 1.00. The van der Waals surface area contributed by atoms with Crippen molar-refractivity contribution in [1.82, 2.24) is 10.2 Å². The van der Waals surface area contributed by atoms with Gasteiger partial charge in [0.1, 0.15) is 0 Å². The van der Waals surface area contributed by atoms with Crippen molar-refractivity contribution in [1.29, 1.82) is 0 Å². The first-order chi connectivity index (χ1) is 7.47. The molecule has 1 aliphatic heterocycles. The highest BCUT2D eigenvalue weighted by atomic mass is 16.5. The molecule has 0 aromatic carbocycles. The van der Waals surface area contributed by atoms with Gasteiger partial charge in [-0.2, -0.15) is 0 Å². The van der Waals surface area contributed by atoms with Gasteiger partial charge in [-0.05, 0) is 32.7 Å². The molecular weight excluding hydrogens is 200 g/mol. The summed E-state index contributed by atoms with van der Waals surface area (Å²) in [5.74, 6) is 0.693. The van der Waals surface area contributed by atoms with Crippen molar-refractivity contribution in [2.24, 2.45) is 5.92 Å².